The van der Waals surface area contributed by atoms with Crippen molar-refractivity contribution in [2.45, 2.75) is 63.3 Å². The van der Waals surface area contributed by atoms with Gasteiger partial charge >= 0.3 is 12.1 Å². The molecule has 2 unspecified atom stereocenters. The van der Waals surface area contributed by atoms with Gasteiger partial charge in [-0.05, 0) is 32.2 Å². The minimum Gasteiger partial charge on any atom is -0.480 e. The van der Waals surface area contributed by atoms with Crippen molar-refractivity contribution in [1.82, 2.24) is 5.32 Å². The molecule has 0 aromatic heterocycles. The van der Waals surface area contributed by atoms with Crippen molar-refractivity contribution in [1.29, 1.82) is 0 Å². The quantitative estimate of drug-likeness (QED) is 0.758. The number of hydrogen-bond acceptors (Lipinski definition) is 3. The monoisotopic (exact) mass is 297 g/mol. The average molecular weight is 297 g/mol. The highest BCUT2D eigenvalue weighted by atomic mass is 19.4. The van der Waals surface area contributed by atoms with Crippen LogP contribution >= 0.6 is 0 Å². The Balaban J connectivity index is 2.52. The lowest BCUT2D eigenvalue weighted by molar-refractivity contribution is -0.157. The Kier molecular flexibility index (Phi) is 6.26. The van der Waals surface area contributed by atoms with Crippen LogP contribution in [0.15, 0.2) is 0 Å². The summed E-state index contributed by atoms with van der Waals surface area (Å²) in [5.41, 5.74) is -1.06. The average Bonchev–Trinajstić information content (AvgIpc) is 2.35. The Morgan fingerprint density at radius 1 is 1.50 bits per heavy atom. The van der Waals surface area contributed by atoms with Crippen molar-refractivity contribution in [2.75, 3.05) is 13.2 Å². The SMILES string of the molecule is CCCNC1(C(=O)O)CCCC(OCCC(F)(F)F)C1. The lowest BCUT2D eigenvalue weighted by Gasteiger charge is -2.38. The Morgan fingerprint density at radius 3 is 2.75 bits per heavy atom. The zero-order valence-corrected chi connectivity index (χ0v) is 11.6. The first kappa shape index (κ1) is 17.2. The number of halogens is 3. The predicted octanol–water partition coefficient (Wildman–Crippen LogP) is 2.72. The van der Waals surface area contributed by atoms with Crippen LogP contribution in [0.2, 0.25) is 0 Å². The van der Waals surface area contributed by atoms with E-state index in [4.69, 9.17) is 4.74 Å². The summed E-state index contributed by atoms with van der Waals surface area (Å²) in [6.07, 6.45) is -2.90. The molecule has 7 heteroatoms. The van der Waals surface area contributed by atoms with Crippen LogP contribution in [0, 0.1) is 0 Å². The molecular weight excluding hydrogens is 275 g/mol. The molecular formula is C13H22F3NO3. The van der Waals surface area contributed by atoms with E-state index in [2.05, 4.69) is 5.32 Å². The van der Waals surface area contributed by atoms with Crippen LogP contribution in [0.4, 0.5) is 13.2 Å². The van der Waals surface area contributed by atoms with Gasteiger partial charge in [0.1, 0.15) is 5.54 Å². The van der Waals surface area contributed by atoms with Crippen molar-refractivity contribution in [2.24, 2.45) is 0 Å². The molecule has 0 saturated heterocycles. The number of carbonyl (C=O) groups is 1. The lowest BCUT2D eigenvalue weighted by atomic mass is 9.80. The summed E-state index contributed by atoms with van der Waals surface area (Å²) in [6, 6.07) is 0. The van der Waals surface area contributed by atoms with Crippen molar-refractivity contribution >= 4 is 5.97 Å². The van der Waals surface area contributed by atoms with Crippen LogP contribution in [0.25, 0.3) is 0 Å². The second-order valence-corrected chi connectivity index (χ2v) is 5.27. The molecule has 1 rings (SSSR count). The van der Waals surface area contributed by atoms with Crippen molar-refractivity contribution in [3.05, 3.63) is 0 Å². The highest BCUT2D eigenvalue weighted by Gasteiger charge is 2.43. The summed E-state index contributed by atoms with van der Waals surface area (Å²) in [5.74, 6) is -0.949. The van der Waals surface area contributed by atoms with Gasteiger partial charge in [-0.1, -0.05) is 6.92 Å². The van der Waals surface area contributed by atoms with Crippen molar-refractivity contribution in [3.8, 4) is 0 Å². The molecule has 4 nitrogen and oxygen atoms in total. The van der Waals surface area contributed by atoms with Crippen LogP contribution in [0.5, 0.6) is 0 Å². The maximum atomic E-state index is 12.1. The topological polar surface area (TPSA) is 58.6 Å². The fraction of sp³-hybridized carbons (Fsp3) is 0.923. The molecule has 20 heavy (non-hydrogen) atoms. The number of nitrogens with one attached hydrogen (secondary N) is 1. The number of carboxylic acids is 1. The van der Waals surface area contributed by atoms with Gasteiger partial charge in [0.25, 0.3) is 0 Å². The summed E-state index contributed by atoms with van der Waals surface area (Å²) < 4.78 is 41.4. The van der Waals surface area contributed by atoms with Gasteiger partial charge in [0, 0.05) is 6.42 Å². The molecule has 1 fully saturated rings. The molecule has 2 N–H and O–H groups in total. The fourth-order valence-electron chi connectivity index (χ4n) is 2.50. The molecule has 0 aliphatic heterocycles. The third-order valence-corrected chi connectivity index (χ3v) is 3.57. The van der Waals surface area contributed by atoms with E-state index in [0.717, 1.165) is 6.42 Å². The first-order valence-electron chi connectivity index (χ1n) is 6.96. The minimum atomic E-state index is -4.24. The van der Waals surface area contributed by atoms with Gasteiger partial charge in [0.05, 0.1) is 19.1 Å². The van der Waals surface area contributed by atoms with Gasteiger partial charge in [-0.3, -0.25) is 4.79 Å². The van der Waals surface area contributed by atoms with E-state index in [1.54, 1.807) is 0 Å². The second-order valence-electron chi connectivity index (χ2n) is 5.27. The summed E-state index contributed by atoms with van der Waals surface area (Å²) in [5, 5.41) is 12.4. The Hall–Kier alpha value is -0.820. The predicted molar refractivity (Wildman–Crippen MR) is 67.5 cm³/mol. The molecule has 0 spiro atoms. The maximum absolute atomic E-state index is 12.1. The standard InChI is InChI=1S/C13H22F3NO3/c1-2-7-17-12(11(18)19)5-3-4-10(9-12)20-8-6-13(14,15)16/h10,17H,2-9H2,1H3,(H,18,19). The van der Waals surface area contributed by atoms with Crippen molar-refractivity contribution in [3.63, 3.8) is 0 Å². The maximum Gasteiger partial charge on any atom is 0.391 e. The number of aliphatic carboxylic acids is 1. The third kappa shape index (κ3) is 5.28. The molecule has 0 amide bonds. The van der Waals surface area contributed by atoms with Crippen LogP contribution < -0.4 is 5.32 Å². The Bertz CT molecular complexity index is 322. The number of alkyl halides is 3. The molecule has 0 heterocycles. The van der Waals surface area contributed by atoms with E-state index in [1.807, 2.05) is 6.92 Å². The molecule has 1 aliphatic rings. The summed E-state index contributed by atoms with van der Waals surface area (Å²) in [6.45, 7) is 2.10. The molecule has 0 aromatic carbocycles. The van der Waals surface area contributed by atoms with E-state index in [-0.39, 0.29) is 6.42 Å². The first-order chi connectivity index (χ1) is 9.29. The van der Waals surface area contributed by atoms with Crippen molar-refractivity contribution < 1.29 is 27.8 Å². The molecule has 118 valence electrons. The Morgan fingerprint density at radius 2 is 2.20 bits per heavy atom. The van der Waals surface area contributed by atoms with Crippen LogP contribution in [-0.4, -0.2) is 42.0 Å². The molecule has 1 saturated carbocycles. The smallest absolute Gasteiger partial charge is 0.391 e. The summed E-state index contributed by atoms with van der Waals surface area (Å²) >= 11 is 0. The van der Waals surface area contributed by atoms with E-state index in [9.17, 15) is 23.1 Å². The highest BCUT2D eigenvalue weighted by molar-refractivity contribution is 5.79. The largest absolute Gasteiger partial charge is 0.480 e. The van der Waals surface area contributed by atoms with Gasteiger partial charge in [-0.15, -0.1) is 0 Å². The van der Waals surface area contributed by atoms with Gasteiger partial charge in [0.15, 0.2) is 0 Å². The first-order valence-corrected chi connectivity index (χ1v) is 6.96. The van der Waals surface area contributed by atoms with E-state index >= 15 is 0 Å². The van der Waals surface area contributed by atoms with E-state index in [0.29, 0.717) is 25.8 Å². The Labute approximate surface area is 116 Å². The van der Waals surface area contributed by atoms with Gasteiger partial charge in [-0.2, -0.15) is 13.2 Å². The molecule has 0 bridgehead atoms. The molecule has 0 aromatic rings. The van der Waals surface area contributed by atoms with Crippen LogP contribution in [-0.2, 0) is 9.53 Å². The summed E-state index contributed by atoms with van der Waals surface area (Å²) in [4.78, 5) is 11.5. The highest BCUT2D eigenvalue weighted by Crippen LogP contribution is 2.31. The van der Waals surface area contributed by atoms with Gasteiger partial charge in [0.2, 0.25) is 0 Å². The number of rotatable bonds is 7. The zero-order chi connectivity index (χ0) is 15.2. The van der Waals surface area contributed by atoms with Crippen LogP contribution in [0.1, 0.15) is 45.4 Å². The van der Waals surface area contributed by atoms with Crippen LogP contribution in [0.3, 0.4) is 0 Å². The normalized spacial score (nSPS) is 27.5. The minimum absolute atomic E-state index is 0.222. The van der Waals surface area contributed by atoms with Gasteiger partial charge in [-0.25, -0.2) is 0 Å². The zero-order valence-electron chi connectivity index (χ0n) is 11.6. The fourth-order valence-corrected chi connectivity index (χ4v) is 2.50. The molecule has 0 radical (unpaired) electrons. The number of ether oxygens (including phenoxy) is 1. The van der Waals surface area contributed by atoms with E-state index < -0.39 is 36.8 Å². The number of hydrogen-bond donors (Lipinski definition) is 2. The third-order valence-electron chi connectivity index (χ3n) is 3.57. The molecule has 2 atom stereocenters. The summed E-state index contributed by atoms with van der Waals surface area (Å²) in [7, 11) is 0. The lowest BCUT2D eigenvalue weighted by Crippen LogP contribution is -2.56. The number of carboxylic acid groups (broad SMARTS) is 1. The molecule has 1 aliphatic carbocycles. The van der Waals surface area contributed by atoms with Gasteiger partial charge < -0.3 is 15.2 Å². The second kappa shape index (κ2) is 7.26. The van der Waals surface area contributed by atoms with E-state index in [1.165, 1.54) is 0 Å².